The van der Waals surface area contributed by atoms with Crippen LogP contribution in [-0.2, 0) is 6.42 Å². The van der Waals surface area contributed by atoms with Crippen LogP contribution in [-0.4, -0.2) is 12.4 Å². The standard InChI is InChI=1S/C16H14F2O2/c1-2-20-12-8-6-11(7-9-12)16(19)10-13-14(17)4-3-5-15(13)18/h3-9H,2,10H2,1H3. The third-order valence-corrected chi connectivity index (χ3v) is 2.89. The van der Waals surface area contributed by atoms with Gasteiger partial charge in [0, 0.05) is 17.5 Å². The molecule has 2 aromatic rings. The van der Waals surface area contributed by atoms with Crippen LogP contribution < -0.4 is 4.74 Å². The van der Waals surface area contributed by atoms with E-state index in [1.54, 1.807) is 24.3 Å². The molecule has 2 rings (SSSR count). The number of ether oxygens (including phenoxy) is 1. The van der Waals surface area contributed by atoms with Crippen molar-refractivity contribution in [3.63, 3.8) is 0 Å². The third-order valence-electron chi connectivity index (χ3n) is 2.89. The molecule has 0 spiro atoms. The van der Waals surface area contributed by atoms with E-state index >= 15 is 0 Å². The molecule has 0 aromatic heterocycles. The van der Waals surface area contributed by atoms with Crippen molar-refractivity contribution in [2.75, 3.05) is 6.61 Å². The van der Waals surface area contributed by atoms with Gasteiger partial charge >= 0.3 is 0 Å². The average Bonchev–Trinajstić information content (AvgIpc) is 2.44. The lowest BCUT2D eigenvalue weighted by Crippen LogP contribution is -2.07. The quantitative estimate of drug-likeness (QED) is 0.777. The van der Waals surface area contributed by atoms with Crippen molar-refractivity contribution in [3.05, 3.63) is 65.2 Å². The van der Waals surface area contributed by atoms with Gasteiger partial charge in [-0.25, -0.2) is 8.78 Å². The van der Waals surface area contributed by atoms with E-state index < -0.39 is 11.6 Å². The van der Waals surface area contributed by atoms with E-state index in [0.29, 0.717) is 17.9 Å². The maximum absolute atomic E-state index is 13.5. The second-order valence-corrected chi connectivity index (χ2v) is 4.26. The van der Waals surface area contributed by atoms with Gasteiger partial charge in [-0.1, -0.05) is 6.07 Å². The smallest absolute Gasteiger partial charge is 0.167 e. The summed E-state index contributed by atoms with van der Waals surface area (Å²) < 4.78 is 32.2. The molecule has 0 unspecified atom stereocenters. The molecule has 0 amide bonds. The topological polar surface area (TPSA) is 26.3 Å². The summed E-state index contributed by atoms with van der Waals surface area (Å²) >= 11 is 0. The molecule has 0 bridgehead atoms. The molecule has 0 atom stereocenters. The Morgan fingerprint density at radius 1 is 1.05 bits per heavy atom. The SMILES string of the molecule is CCOc1ccc(C(=O)Cc2c(F)cccc2F)cc1. The first kappa shape index (κ1) is 14.2. The number of ketones is 1. The normalized spacial score (nSPS) is 10.3. The summed E-state index contributed by atoms with van der Waals surface area (Å²) in [6, 6.07) is 10.1. The number of hydrogen-bond acceptors (Lipinski definition) is 2. The fraction of sp³-hybridized carbons (Fsp3) is 0.188. The van der Waals surface area contributed by atoms with Gasteiger partial charge in [0.15, 0.2) is 5.78 Å². The molecule has 0 aliphatic rings. The van der Waals surface area contributed by atoms with Crippen molar-refractivity contribution in [2.24, 2.45) is 0 Å². The largest absolute Gasteiger partial charge is 0.494 e. The molecule has 0 N–H and O–H groups in total. The van der Waals surface area contributed by atoms with Crippen LogP contribution in [0.3, 0.4) is 0 Å². The average molecular weight is 276 g/mol. The lowest BCUT2D eigenvalue weighted by molar-refractivity contribution is 0.0990. The molecule has 2 nitrogen and oxygen atoms in total. The van der Waals surface area contributed by atoms with Crippen LogP contribution in [0, 0.1) is 11.6 Å². The second-order valence-electron chi connectivity index (χ2n) is 4.26. The zero-order chi connectivity index (χ0) is 14.5. The van der Waals surface area contributed by atoms with E-state index in [1.165, 1.54) is 6.07 Å². The van der Waals surface area contributed by atoms with Crippen molar-refractivity contribution in [1.29, 1.82) is 0 Å². The van der Waals surface area contributed by atoms with Crippen molar-refractivity contribution in [2.45, 2.75) is 13.3 Å². The highest BCUT2D eigenvalue weighted by Gasteiger charge is 2.14. The van der Waals surface area contributed by atoms with Crippen molar-refractivity contribution < 1.29 is 18.3 Å². The monoisotopic (exact) mass is 276 g/mol. The first-order chi connectivity index (χ1) is 9.61. The van der Waals surface area contributed by atoms with Crippen LogP contribution in [0.5, 0.6) is 5.75 Å². The van der Waals surface area contributed by atoms with Gasteiger partial charge in [0.25, 0.3) is 0 Å². The van der Waals surface area contributed by atoms with Gasteiger partial charge in [-0.15, -0.1) is 0 Å². The Labute approximate surface area is 116 Å². The van der Waals surface area contributed by atoms with Gasteiger partial charge in [-0.05, 0) is 43.3 Å². The number of Topliss-reactive ketones (excluding diaryl/α,β-unsaturated/α-hetero) is 1. The number of carbonyl (C=O) groups excluding carboxylic acids is 1. The number of carbonyl (C=O) groups is 1. The van der Waals surface area contributed by atoms with Gasteiger partial charge in [0.2, 0.25) is 0 Å². The lowest BCUT2D eigenvalue weighted by Gasteiger charge is -2.06. The molecule has 104 valence electrons. The Hall–Kier alpha value is -2.23. The van der Waals surface area contributed by atoms with E-state index in [9.17, 15) is 13.6 Å². The number of rotatable bonds is 5. The van der Waals surface area contributed by atoms with Gasteiger partial charge in [-0.2, -0.15) is 0 Å². The van der Waals surface area contributed by atoms with Crippen LogP contribution in [0.25, 0.3) is 0 Å². The van der Waals surface area contributed by atoms with Crippen LogP contribution >= 0.6 is 0 Å². The Kier molecular flexibility index (Phi) is 4.45. The summed E-state index contributed by atoms with van der Waals surface area (Å²) in [6.45, 7) is 2.40. The molecule has 0 saturated heterocycles. The van der Waals surface area contributed by atoms with E-state index in [1.807, 2.05) is 6.92 Å². The minimum Gasteiger partial charge on any atom is -0.494 e. The molecule has 4 heteroatoms. The minimum atomic E-state index is -0.704. The van der Waals surface area contributed by atoms with Crippen molar-refractivity contribution in [3.8, 4) is 5.75 Å². The molecule has 0 fully saturated rings. The Morgan fingerprint density at radius 3 is 2.20 bits per heavy atom. The fourth-order valence-electron chi connectivity index (χ4n) is 1.87. The van der Waals surface area contributed by atoms with E-state index in [-0.39, 0.29) is 17.8 Å². The highest BCUT2D eigenvalue weighted by molar-refractivity contribution is 5.97. The molecule has 0 saturated carbocycles. The maximum atomic E-state index is 13.5. The minimum absolute atomic E-state index is 0.202. The van der Waals surface area contributed by atoms with Crippen LogP contribution in [0.15, 0.2) is 42.5 Å². The van der Waals surface area contributed by atoms with E-state index in [4.69, 9.17) is 4.74 Å². The number of hydrogen-bond donors (Lipinski definition) is 0. The van der Waals surface area contributed by atoms with Gasteiger partial charge in [0.1, 0.15) is 17.4 Å². The van der Waals surface area contributed by atoms with Crippen LogP contribution in [0.1, 0.15) is 22.8 Å². The van der Waals surface area contributed by atoms with Gasteiger partial charge < -0.3 is 4.74 Å². The molecule has 0 aliphatic heterocycles. The van der Waals surface area contributed by atoms with Crippen molar-refractivity contribution in [1.82, 2.24) is 0 Å². The van der Waals surface area contributed by atoms with Crippen molar-refractivity contribution >= 4 is 5.78 Å². The highest BCUT2D eigenvalue weighted by atomic mass is 19.1. The summed E-state index contributed by atoms with van der Waals surface area (Å²) in [5, 5.41) is 0. The molecule has 0 heterocycles. The molecular weight excluding hydrogens is 262 g/mol. The summed E-state index contributed by atoms with van der Waals surface area (Å²) in [5.41, 5.74) is 0.197. The summed E-state index contributed by atoms with van der Waals surface area (Å²) in [6.07, 6.45) is -0.299. The van der Waals surface area contributed by atoms with Crippen LogP contribution in [0.4, 0.5) is 8.78 Å². The molecule has 0 aliphatic carbocycles. The van der Waals surface area contributed by atoms with Gasteiger partial charge in [0.05, 0.1) is 6.61 Å². The molecule has 2 aromatic carbocycles. The fourth-order valence-corrected chi connectivity index (χ4v) is 1.87. The lowest BCUT2D eigenvalue weighted by atomic mass is 10.0. The highest BCUT2D eigenvalue weighted by Crippen LogP contribution is 2.17. The first-order valence-electron chi connectivity index (χ1n) is 6.30. The van der Waals surface area contributed by atoms with Gasteiger partial charge in [-0.3, -0.25) is 4.79 Å². The second kappa shape index (κ2) is 6.28. The van der Waals surface area contributed by atoms with E-state index in [2.05, 4.69) is 0 Å². The third kappa shape index (κ3) is 3.20. The predicted molar refractivity (Wildman–Crippen MR) is 72.0 cm³/mol. The molecular formula is C16H14F2O2. The summed E-state index contributed by atoms with van der Waals surface area (Å²) in [4.78, 5) is 12.0. The maximum Gasteiger partial charge on any atom is 0.167 e. The Bertz CT molecular complexity index is 586. The zero-order valence-corrected chi connectivity index (χ0v) is 11.0. The zero-order valence-electron chi connectivity index (χ0n) is 11.0. The summed E-state index contributed by atoms with van der Waals surface area (Å²) in [7, 11) is 0. The molecule has 20 heavy (non-hydrogen) atoms. The van der Waals surface area contributed by atoms with E-state index in [0.717, 1.165) is 12.1 Å². The predicted octanol–water partition coefficient (Wildman–Crippen LogP) is 3.79. The first-order valence-corrected chi connectivity index (χ1v) is 6.30. The van der Waals surface area contributed by atoms with Crippen LogP contribution in [0.2, 0.25) is 0 Å². The number of halogens is 2. The molecule has 0 radical (unpaired) electrons. The Morgan fingerprint density at radius 2 is 1.65 bits per heavy atom. The Balaban J connectivity index is 2.16. The number of benzene rings is 2. The summed E-state index contributed by atoms with van der Waals surface area (Å²) in [5.74, 6) is -1.09.